The van der Waals surface area contributed by atoms with E-state index in [4.69, 9.17) is 15.9 Å². The molecule has 0 saturated carbocycles. The molecule has 0 bridgehead atoms. The van der Waals surface area contributed by atoms with Crippen molar-refractivity contribution in [2.75, 3.05) is 19.5 Å². The average molecular weight is 235 g/mol. The fourth-order valence-electron chi connectivity index (χ4n) is 1.30. The van der Waals surface area contributed by atoms with E-state index in [1.165, 1.54) is 0 Å². The minimum Gasteiger partial charge on any atom is -0.481 e. The molecule has 0 aromatic carbocycles. The molecule has 0 saturated heterocycles. The van der Waals surface area contributed by atoms with Gasteiger partial charge in [0.25, 0.3) is 0 Å². The van der Waals surface area contributed by atoms with Gasteiger partial charge in [-0.15, -0.1) is 12.3 Å². The predicted octanol–water partition coefficient (Wildman–Crippen LogP) is 1.71. The van der Waals surface area contributed by atoms with Gasteiger partial charge in [0.15, 0.2) is 0 Å². The topological polar surface area (TPSA) is 56.3 Å². The largest absolute Gasteiger partial charge is 0.481 e. The van der Waals surface area contributed by atoms with Crippen LogP contribution in [0.5, 0.6) is 11.8 Å². The van der Waals surface area contributed by atoms with E-state index >= 15 is 0 Å². The monoisotopic (exact) mass is 235 g/mol. The van der Waals surface area contributed by atoms with Gasteiger partial charge in [0.1, 0.15) is 0 Å². The van der Waals surface area contributed by atoms with E-state index < -0.39 is 0 Å². The molecule has 0 aliphatic carbocycles. The second kappa shape index (κ2) is 6.59. The van der Waals surface area contributed by atoms with Gasteiger partial charge < -0.3 is 14.8 Å². The van der Waals surface area contributed by atoms with Gasteiger partial charge in [-0.1, -0.05) is 6.92 Å². The molecule has 5 nitrogen and oxygen atoms in total. The Labute approximate surface area is 102 Å². The molecule has 1 atom stereocenters. The number of rotatable bonds is 6. The van der Waals surface area contributed by atoms with Crippen LogP contribution < -0.4 is 14.8 Å². The summed E-state index contributed by atoms with van der Waals surface area (Å²) in [4.78, 5) is 8.35. The second-order valence-electron chi connectivity index (χ2n) is 3.43. The predicted molar refractivity (Wildman–Crippen MR) is 66.3 cm³/mol. The number of ether oxygens (including phenoxy) is 2. The minimum absolute atomic E-state index is 0.150. The quantitative estimate of drug-likeness (QED) is 0.761. The first-order chi connectivity index (χ1) is 8.23. The lowest BCUT2D eigenvalue weighted by molar-refractivity contribution is 0.372. The standard InChI is InChI=1S/C12H17N3O2/c1-5-7-9(6-2)13-12-14-10(16-3)8-11(15-12)17-4/h1,8-9H,6-7H2,2-4H3,(H,13,14,15). The summed E-state index contributed by atoms with van der Waals surface area (Å²) in [6, 6.07) is 1.77. The fraction of sp³-hybridized carbons (Fsp3) is 0.500. The van der Waals surface area contributed by atoms with Crippen LogP contribution in [0.1, 0.15) is 19.8 Å². The Balaban J connectivity index is 2.85. The van der Waals surface area contributed by atoms with Gasteiger partial charge in [0.2, 0.25) is 17.7 Å². The van der Waals surface area contributed by atoms with Crippen LogP contribution >= 0.6 is 0 Å². The zero-order valence-corrected chi connectivity index (χ0v) is 10.4. The highest BCUT2D eigenvalue weighted by molar-refractivity contribution is 5.34. The first-order valence-electron chi connectivity index (χ1n) is 5.40. The number of methoxy groups -OCH3 is 2. The average Bonchev–Trinajstić information content (AvgIpc) is 2.37. The fourth-order valence-corrected chi connectivity index (χ4v) is 1.30. The van der Waals surface area contributed by atoms with Crippen LogP contribution in [0.2, 0.25) is 0 Å². The van der Waals surface area contributed by atoms with Crippen molar-refractivity contribution in [1.29, 1.82) is 0 Å². The minimum atomic E-state index is 0.150. The Hall–Kier alpha value is -1.96. The zero-order valence-electron chi connectivity index (χ0n) is 10.4. The van der Waals surface area contributed by atoms with Crippen molar-refractivity contribution < 1.29 is 9.47 Å². The number of aromatic nitrogens is 2. The van der Waals surface area contributed by atoms with Crippen molar-refractivity contribution in [2.45, 2.75) is 25.8 Å². The van der Waals surface area contributed by atoms with E-state index in [2.05, 4.69) is 21.2 Å². The molecule has 1 unspecified atom stereocenters. The first kappa shape index (κ1) is 13.1. The van der Waals surface area contributed by atoms with Crippen LogP contribution in [0.4, 0.5) is 5.95 Å². The number of hydrogen-bond donors (Lipinski definition) is 1. The molecular formula is C12H17N3O2. The van der Waals surface area contributed by atoms with Crippen molar-refractivity contribution in [3.63, 3.8) is 0 Å². The van der Waals surface area contributed by atoms with Crippen molar-refractivity contribution in [1.82, 2.24) is 9.97 Å². The van der Waals surface area contributed by atoms with Crippen LogP contribution in [-0.2, 0) is 0 Å². The normalized spacial score (nSPS) is 11.4. The van der Waals surface area contributed by atoms with E-state index in [0.29, 0.717) is 24.1 Å². The third-order valence-electron chi connectivity index (χ3n) is 2.29. The molecule has 1 heterocycles. The third-order valence-corrected chi connectivity index (χ3v) is 2.29. The molecule has 0 fully saturated rings. The van der Waals surface area contributed by atoms with E-state index in [9.17, 15) is 0 Å². The van der Waals surface area contributed by atoms with Gasteiger partial charge in [0, 0.05) is 12.5 Å². The van der Waals surface area contributed by atoms with Gasteiger partial charge in [-0.05, 0) is 6.42 Å². The van der Waals surface area contributed by atoms with E-state index in [-0.39, 0.29) is 6.04 Å². The van der Waals surface area contributed by atoms with Crippen molar-refractivity contribution in [3.8, 4) is 24.1 Å². The molecule has 1 aromatic heterocycles. The Morgan fingerprint density at radius 1 is 1.35 bits per heavy atom. The lowest BCUT2D eigenvalue weighted by Crippen LogP contribution is -2.19. The summed E-state index contributed by atoms with van der Waals surface area (Å²) in [6.45, 7) is 2.05. The first-order valence-corrected chi connectivity index (χ1v) is 5.40. The van der Waals surface area contributed by atoms with Crippen LogP contribution in [0, 0.1) is 12.3 Å². The van der Waals surface area contributed by atoms with Crippen LogP contribution in [0.15, 0.2) is 6.07 Å². The summed E-state index contributed by atoms with van der Waals surface area (Å²) >= 11 is 0. The molecule has 1 rings (SSSR count). The highest BCUT2D eigenvalue weighted by Crippen LogP contribution is 2.18. The van der Waals surface area contributed by atoms with Gasteiger partial charge in [-0.25, -0.2) is 0 Å². The smallest absolute Gasteiger partial charge is 0.229 e. The molecule has 5 heteroatoms. The number of nitrogens with one attached hydrogen (secondary N) is 1. The van der Waals surface area contributed by atoms with E-state index in [0.717, 1.165) is 6.42 Å². The molecule has 17 heavy (non-hydrogen) atoms. The maximum atomic E-state index is 5.29. The number of anilines is 1. The number of terminal acetylenes is 1. The summed E-state index contributed by atoms with van der Waals surface area (Å²) in [6.07, 6.45) is 6.81. The molecular weight excluding hydrogens is 218 g/mol. The van der Waals surface area contributed by atoms with Crippen molar-refractivity contribution >= 4 is 5.95 Å². The molecule has 0 spiro atoms. The van der Waals surface area contributed by atoms with Gasteiger partial charge in [-0.2, -0.15) is 9.97 Å². The molecule has 0 amide bonds. The van der Waals surface area contributed by atoms with Gasteiger partial charge in [-0.3, -0.25) is 0 Å². The van der Waals surface area contributed by atoms with Crippen LogP contribution in [0.25, 0.3) is 0 Å². The van der Waals surface area contributed by atoms with Gasteiger partial charge >= 0.3 is 0 Å². The summed E-state index contributed by atoms with van der Waals surface area (Å²) < 4.78 is 10.1. The van der Waals surface area contributed by atoms with Crippen LogP contribution in [-0.4, -0.2) is 30.2 Å². The third kappa shape index (κ3) is 3.83. The highest BCUT2D eigenvalue weighted by Gasteiger charge is 2.09. The van der Waals surface area contributed by atoms with Gasteiger partial charge in [0.05, 0.1) is 20.3 Å². The van der Waals surface area contributed by atoms with Crippen molar-refractivity contribution in [3.05, 3.63) is 6.07 Å². The lowest BCUT2D eigenvalue weighted by atomic mass is 10.2. The summed E-state index contributed by atoms with van der Waals surface area (Å²) in [5, 5.41) is 3.15. The second-order valence-corrected chi connectivity index (χ2v) is 3.43. The maximum absolute atomic E-state index is 5.29. The Kier molecular flexibility index (Phi) is 5.08. The molecule has 0 aliphatic heterocycles. The molecule has 0 radical (unpaired) electrons. The molecule has 1 N–H and O–H groups in total. The molecule has 1 aromatic rings. The highest BCUT2D eigenvalue weighted by atomic mass is 16.5. The summed E-state index contributed by atoms with van der Waals surface area (Å²) in [5.74, 6) is 3.98. The number of hydrogen-bond acceptors (Lipinski definition) is 5. The Morgan fingerprint density at radius 2 is 1.94 bits per heavy atom. The Morgan fingerprint density at radius 3 is 2.35 bits per heavy atom. The lowest BCUT2D eigenvalue weighted by Gasteiger charge is -2.14. The van der Waals surface area contributed by atoms with E-state index in [1.54, 1.807) is 20.3 Å². The zero-order chi connectivity index (χ0) is 12.7. The molecule has 0 aliphatic rings. The summed E-state index contributed by atoms with van der Waals surface area (Å²) in [7, 11) is 3.09. The van der Waals surface area contributed by atoms with Crippen molar-refractivity contribution in [2.24, 2.45) is 0 Å². The summed E-state index contributed by atoms with van der Waals surface area (Å²) in [5.41, 5.74) is 0. The van der Waals surface area contributed by atoms with E-state index in [1.807, 2.05) is 6.92 Å². The SMILES string of the molecule is C#CCC(CC)Nc1nc(OC)cc(OC)n1. The number of nitrogens with zero attached hydrogens (tertiary/aromatic N) is 2. The van der Waals surface area contributed by atoms with Crippen LogP contribution in [0.3, 0.4) is 0 Å². The maximum Gasteiger partial charge on any atom is 0.229 e. The molecule has 92 valence electrons. The Bertz CT molecular complexity index is 379.